The molecule has 0 aromatic carbocycles. The maximum Gasteiger partial charge on any atom is 0.0711 e. The fraction of sp³-hybridized carbons (Fsp3) is 0.750. The van der Waals surface area contributed by atoms with Crippen LogP contribution in [-0.2, 0) is 4.79 Å². The normalized spacial score (nSPS) is 6.88. The molecule has 4 heteroatoms. The van der Waals surface area contributed by atoms with Crippen LogP contribution in [0.25, 0.3) is 0 Å². The van der Waals surface area contributed by atoms with Crippen molar-refractivity contribution >= 4 is 21.9 Å². The summed E-state index contributed by atoms with van der Waals surface area (Å²) in [4.78, 5) is 9.21. The summed E-state index contributed by atoms with van der Waals surface area (Å²) in [5, 5.41) is 9.13. The first-order valence-corrected chi connectivity index (χ1v) is 3.36. The van der Waals surface area contributed by atoms with E-state index in [1.54, 1.807) is 0 Å². The van der Waals surface area contributed by atoms with Gasteiger partial charge < -0.3 is 15.6 Å². The maximum atomic E-state index is 9.21. The molecule has 0 aromatic rings. The molecular formula is C4H10BrNO2. The second kappa shape index (κ2) is 10.0. The van der Waals surface area contributed by atoms with Gasteiger partial charge in [-0.05, 0) is 6.92 Å². The highest BCUT2D eigenvalue weighted by atomic mass is 79.9. The number of hydrogen-bond donors (Lipinski definition) is 1. The molecule has 0 spiro atoms. The summed E-state index contributed by atoms with van der Waals surface area (Å²) < 4.78 is 0. The molecule has 8 heavy (non-hydrogen) atoms. The minimum absolute atomic E-state index is 0.0764. The summed E-state index contributed by atoms with van der Waals surface area (Å²) >= 11 is 2.65. The topological polar surface area (TPSA) is 67.8 Å². The number of quaternary nitrogens is 1. The number of alkyl halides is 1. The second-order valence-electron chi connectivity index (χ2n) is 1.01. The highest BCUT2D eigenvalue weighted by molar-refractivity contribution is 9.09. The summed E-state index contributed by atoms with van der Waals surface area (Å²) in [7, 11) is 0. The van der Waals surface area contributed by atoms with Crippen molar-refractivity contribution in [1.82, 2.24) is 0 Å². The molecule has 0 aromatic heterocycles. The van der Waals surface area contributed by atoms with E-state index in [2.05, 4.69) is 21.7 Å². The molecule has 0 heterocycles. The van der Waals surface area contributed by atoms with Gasteiger partial charge in [0.15, 0.2) is 0 Å². The molecule has 0 unspecified atom stereocenters. The van der Waals surface area contributed by atoms with Crippen LogP contribution in [0.3, 0.4) is 0 Å². The SMILES string of the molecule is CC[NH3+].O=C([O-])CBr. The number of carbonyl (C=O) groups excluding carboxylic acids is 1. The number of carbonyl (C=O) groups is 1. The smallest absolute Gasteiger partial charge is 0.0711 e. The zero-order chi connectivity index (χ0) is 6.99. The molecule has 0 rings (SSSR count). The number of halogens is 1. The lowest BCUT2D eigenvalue weighted by Crippen LogP contribution is -2.48. The molecule has 3 N–H and O–H groups in total. The first kappa shape index (κ1) is 10.8. The van der Waals surface area contributed by atoms with Crippen LogP contribution in [0.4, 0.5) is 0 Å². The summed E-state index contributed by atoms with van der Waals surface area (Å²) in [6, 6.07) is 0. The Morgan fingerprint density at radius 2 is 2.00 bits per heavy atom. The van der Waals surface area contributed by atoms with Crippen LogP contribution in [0.1, 0.15) is 6.92 Å². The van der Waals surface area contributed by atoms with Gasteiger partial charge >= 0.3 is 0 Å². The highest BCUT2D eigenvalue weighted by Gasteiger charge is 1.67. The minimum Gasteiger partial charge on any atom is -0.549 e. The summed E-state index contributed by atoms with van der Waals surface area (Å²) in [5.74, 6) is -1.08. The largest absolute Gasteiger partial charge is 0.549 e. The van der Waals surface area contributed by atoms with Crippen LogP contribution in [-0.4, -0.2) is 17.8 Å². The van der Waals surface area contributed by atoms with E-state index in [9.17, 15) is 9.90 Å². The fourth-order valence-corrected chi connectivity index (χ4v) is 0. The Kier molecular flexibility index (Phi) is 13.5. The number of hydrogen-bond acceptors (Lipinski definition) is 2. The zero-order valence-corrected chi connectivity index (χ0v) is 6.40. The lowest BCUT2D eigenvalue weighted by Gasteiger charge is -1.85. The Hall–Kier alpha value is -0.0900. The third kappa shape index (κ3) is 39.1. The van der Waals surface area contributed by atoms with Gasteiger partial charge in [0.1, 0.15) is 0 Å². The van der Waals surface area contributed by atoms with Crippen molar-refractivity contribution in [1.29, 1.82) is 0 Å². The van der Waals surface area contributed by atoms with Gasteiger partial charge in [-0.3, -0.25) is 0 Å². The van der Waals surface area contributed by atoms with Gasteiger partial charge in [-0.1, -0.05) is 15.9 Å². The van der Waals surface area contributed by atoms with Crippen LogP contribution in [0.2, 0.25) is 0 Å². The molecular weight excluding hydrogens is 174 g/mol. The van der Waals surface area contributed by atoms with Gasteiger partial charge in [-0.2, -0.15) is 0 Å². The monoisotopic (exact) mass is 183 g/mol. The van der Waals surface area contributed by atoms with Gasteiger partial charge in [-0.25, -0.2) is 0 Å². The van der Waals surface area contributed by atoms with E-state index >= 15 is 0 Å². The van der Waals surface area contributed by atoms with E-state index < -0.39 is 5.97 Å². The molecule has 0 radical (unpaired) electrons. The minimum atomic E-state index is -1.08. The third-order valence-electron chi connectivity index (χ3n) is 0.109. The number of aliphatic carboxylic acids is 1. The number of rotatable bonds is 1. The predicted octanol–water partition coefficient (Wildman–Crippen LogP) is -1.62. The average molecular weight is 184 g/mol. The van der Waals surface area contributed by atoms with Gasteiger partial charge in [0, 0.05) is 5.33 Å². The number of carboxylic acids is 1. The quantitative estimate of drug-likeness (QED) is 0.497. The average Bonchev–Trinajstić information content (AvgIpc) is 1.69. The van der Waals surface area contributed by atoms with Crippen molar-refractivity contribution in [3.63, 3.8) is 0 Å². The molecule has 0 atom stereocenters. The Labute approximate surface area is 57.0 Å². The van der Waals surface area contributed by atoms with E-state index in [-0.39, 0.29) is 5.33 Å². The van der Waals surface area contributed by atoms with Gasteiger partial charge in [0.2, 0.25) is 0 Å². The first-order chi connectivity index (χ1) is 3.68. The summed E-state index contributed by atoms with van der Waals surface area (Å²) in [6.07, 6.45) is 0. The summed E-state index contributed by atoms with van der Waals surface area (Å²) in [6.45, 7) is 3.01. The van der Waals surface area contributed by atoms with Crippen LogP contribution >= 0.6 is 15.9 Å². The lowest BCUT2D eigenvalue weighted by atomic mass is 10.8. The molecule has 0 fully saturated rings. The molecule has 0 saturated carbocycles. The van der Waals surface area contributed by atoms with Crippen LogP contribution in [0, 0.1) is 0 Å². The van der Waals surface area contributed by atoms with E-state index in [0.29, 0.717) is 0 Å². The molecule has 0 aliphatic carbocycles. The van der Waals surface area contributed by atoms with Crippen molar-refractivity contribution in [3.05, 3.63) is 0 Å². The molecule has 0 saturated heterocycles. The molecule has 50 valence electrons. The lowest BCUT2D eigenvalue weighted by molar-refractivity contribution is -0.361. The van der Waals surface area contributed by atoms with Crippen LogP contribution in [0.15, 0.2) is 0 Å². The highest BCUT2D eigenvalue weighted by Crippen LogP contribution is 1.70. The summed E-state index contributed by atoms with van der Waals surface area (Å²) in [5.41, 5.74) is 3.49. The Morgan fingerprint density at radius 3 is 2.00 bits per heavy atom. The van der Waals surface area contributed by atoms with Crippen LogP contribution in [0.5, 0.6) is 0 Å². The Bertz CT molecular complexity index is 58.0. The van der Waals surface area contributed by atoms with Crippen molar-refractivity contribution in [2.45, 2.75) is 6.92 Å². The second-order valence-corrected chi connectivity index (χ2v) is 1.57. The first-order valence-electron chi connectivity index (χ1n) is 2.24. The zero-order valence-electron chi connectivity index (χ0n) is 4.82. The van der Waals surface area contributed by atoms with Crippen LogP contribution < -0.4 is 10.8 Å². The van der Waals surface area contributed by atoms with Crippen molar-refractivity contribution in [3.8, 4) is 0 Å². The Morgan fingerprint density at radius 1 is 1.88 bits per heavy atom. The van der Waals surface area contributed by atoms with E-state index in [4.69, 9.17) is 0 Å². The predicted molar refractivity (Wildman–Crippen MR) is 32.2 cm³/mol. The fourth-order valence-electron chi connectivity index (χ4n) is 0. The molecule has 3 nitrogen and oxygen atoms in total. The number of carboxylic acid groups (broad SMARTS) is 1. The molecule has 0 amide bonds. The van der Waals surface area contributed by atoms with E-state index in [0.717, 1.165) is 6.54 Å². The Balaban J connectivity index is 0. The third-order valence-corrected chi connectivity index (χ3v) is 0.567. The standard InChI is InChI=1S/C2H3BrO2.C2H7N/c3-1-2(4)5;1-2-3/h1H2,(H,4,5);2-3H2,1H3. The van der Waals surface area contributed by atoms with Crippen molar-refractivity contribution in [2.75, 3.05) is 11.9 Å². The molecule has 0 aliphatic heterocycles. The van der Waals surface area contributed by atoms with Gasteiger partial charge in [-0.15, -0.1) is 0 Å². The van der Waals surface area contributed by atoms with Crippen molar-refractivity contribution < 1.29 is 15.6 Å². The van der Waals surface area contributed by atoms with E-state index in [1.165, 1.54) is 0 Å². The van der Waals surface area contributed by atoms with E-state index in [1.807, 2.05) is 6.92 Å². The molecule has 0 aliphatic rings. The maximum absolute atomic E-state index is 9.21. The van der Waals surface area contributed by atoms with Gasteiger partial charge in [0.25, 0.3) is 0 Å². The van der Waals surface area contributed by atoms with Crippen molar-refractivity contribution in [2.24, 2.45) is 0 Å². The molecule has 0 bridgehead atoms. The van der Waals surface area contributed by atoms with Gasteiger partial charge in [0.05, 0.1) is 12.5 Å².